The Morgan fingerprint density at radius 2 is 1.83 bits per heavy atom. The van der Waals surface area contributed by atoms with E-state index in [0.717, 1.165) is 6.42 Å². The first kappa shape index (κ1) is 11.4. The second-order valence-corrected chi connectivity index (χ2v) is 3.82. The molecule has 0 aromatic rings. The van der Waals surface area contributed by atoms with E-state index in [9.17, 15) is 4.79 Å². The Morgan fingerprint density at radius 3 is 2.17 bits per heavy atom. The fraction of sp³-hybridized carbons (Fsp3) is 0.889. The molecule has 3 N–H and O–H groups in total. The lowest BCUT2D eigenvalue weighted by Crippen LogP contribution is -2.43. The number of carbonyl (C=O) groups is 1. The van der Waals surface area contributed by atoms with Gasteiger partial charge in [-0.3, -0.25) is 4.79 Å². The van der Waals surface area contributed by atoms with Crippen LogP contribution in [-0.2, 0) is 4.79 Å². The molecule has 0 spiro atoms. The third-order valence-corrected chi connectivity index (χ3v) is 1.79. The van der Waals surface area contributed by atoms with Gasteiger partial charge in [0.1, 0.15) is 0 Å². The fourth-order valence-corrected chi connectivity index (χ4v) is 1.28. The summed E-state index contributed by atoms with van der Waals surface area (Å²) in [6.07, 6.45) is 1.07. The summed E-state index contributed by atoms with van der Waals surface area (Å²) in [7, 11) is 0. The van der Waals surface area contributed by atoms with E-state index in [1.54, 1.807) is 6.92 Å². The van der Waals surface area contributed by atoms with Gasteiger partial charge in [0.2, 0.25) is 5.91 Å². The van der Waals surface area contributed by atoms with E-state index < -0.39 is 0 Å². The lowest BCUT2D eigenvalue weighted by Gasteiger charge is -2.19. The Balaban J connectivity index is 3.68. The summed E-state index contributed by atoms with van der Waals surface area (Å²) in [6.45, 7) is 8.18. The molecule has 2 atom stereocenters. The minimum atomic E-state index is -0.286. The molecule has 0 fully saturated rings. The first-order valence-corrected chi connectivity index (χ1v) is 4.48. The Hall–Kier alpha value is -0.570. The second kappa shape index (κ2) is 5.14. The van der Waals surface area contributed by atoms with Crippen molar-refractivity contribution in [3.63, 3.8) is 0 Å². The molecule has 0 radical (unpaired) electrons. The maximum absolute atomic E-state index is 10.7. The number of hydrogen-bond donors (Lipinski definition) is 2. The number of carbonyl (C=O) groups excluding carboxylic acids is 1. The van der Waals surface area contributed by atoms with Gasteiger partial charge in [-0.05, 0) is 26.2 Å². The van der Waals surface area contributed by atoms with E-state index in [0.29, 0.717) is 12.0 Å². The summed E-state index contributed by atoms with van der Waals surface area (Å²) < 4.78 is 0. The molecule has 0 heterocycles. The van der Waals surface area contributed by atoms with Gasteiger partial charge in [0.25, 0.3) is 0 Å². The molecule has 0 aliphatic rings. The summed E-state index contributed by atoms with van der Waals surface area (Å²) in [4.78, 5) is 10.7. The largest absolute Gasteiger partial charge is 0.368 e. The summed E-state index contributed by atoms with van der Waals surface area (Å²) in [5.74, 6) is 0.359. The van der Waals surface area contributed by atoms with Gasteiger partial charge < -0.3 is 11.1 Å². The van der Waals surface area contributed by atoms with Crippen molar-refractivity contribution in [2.24, 2.45) is 11.7 Å². The van der Waals surface area contributed by atoms with Gasteiger partial charge in [-0.25, -0.2) is 0 Å². The molecule has 0 rings (SSSR count). The van der Waals surface area contributed by atoms with Gasteiger partial charge in [-0.15, -0.1) is 0 Å². The van der Waals surface area contributed by atoms with Crippen LogP contribution in [0.2, 0.25) is 0 Å². The minimum absolute atomic E-state index is 0.223. The van der Waals surface area contributed by atoms with Crippen LogP contribution in [0.25, 0.3) is 0 Å². The molecule has 12 heavy (non-hydrogen) atoms. The Bertz CT molecular complexity index is 145. The molecule has 0 aliphatic carbocycles. The maximum atomic E-state index is 10.7. The molecular formula is C9H20N2O. The van der Waals surface area contributed by atoms with Crippen LogP contribution in [0, 0.1) is 5.92 Å². The van der Waals surface area contributed by atoms with Gasteiger partial charge in [-0.1, -0.05) is 13.8 Å². The van der Waals surface area contributed by atoms with Crippen molar-refractivity contribution >= 4 is 5.91 Å². The van der Waals surface area contributed by atoms with Crippen LogP contribution in [0.15, 0.2) is 0 Å². The number of nitrogens with one attached hydrogen (secondary N) is 1. The zero-order valence-electron chi connectivity index (χ0n) is 8.42. The monoisotopic (exact) mass is 172 g/mol. The molecule has 1 amide bonds. The normalized spacial score (nSPS) is 16.1. The van der Waals surface area contributed by atoms with Gasteiger partial charge >= 0.3 is 0 Å². The number of rotatable bonds is 5. The van der Waals surface area contributed by atoms with Crippen LogP contribution in [0.3, 0.4) is 0 Å². The highest BCUT2D eigenvalue weighted by Gasteiger charge is 2.12. The molecular weight excluding hydrogens is 152 g/mol. The van der Waals surface area contributed by atoms with Crippen LogP contribution in [0.5, 0.6) is 0 Å². The molecule has 0 saturated heterocycles. The summed E-state index contributed by atoms with van der Waals surface area (Å²) in [6, 6.07) is 0.131. The molecule has 3 heteroatoms. The maximum Gasteiger partial charge on any atom is 0.234 e. The fourth-order valence-electron chi connectivity index (χ4n) is 1.28. The van der Waals surface area contributed by atoms with E-state index in [-0.39, 0.29) is 11.9 Å². The highest BCUT2D eigenvalue weighted by Crippen LogP contribution is 2.04. The third-order valence-electron chi connectivity index (χ3n) is 1.79. The SMILES string of the molecule is CC(C)CC(C)N[C@@H](C)C(N)=O. The highest BCUT2D eigenvalue weighted by atomic mass is 16.1. The van der Waals surface area contributed by atoms with E-state index in [2.05, 4.69) is 26.1 Å². The van der Waals surface area contributed by atoms with E-state index in [1.165, 1.54) is 0 Å². The van der Waals surface area contributed by atoms with Crippen molar-refractivity contribution in [1.29, 1.82) is 0 Å². The van der Waals surface area contributed by atoms with Crippen LogP contribution >= 0.6 is 0 Å². The molecule has 1 unspecified atom stereocenters. The Labute approximate surface area is 74.7 Å². The summed E-state index contributed by atoms with van der Waals surface area (Å²) in [5.41, 5.74) is 5.11. The van der Waals surface area contributed by atoms with E-state index in [4.69, 9.17) is 5.73 Å². The number of nitrogens with two attached hydrogens (primary N) is 1. The summed E-state index contributed by atoms with van der Waals surface area (Å²) in [5, 5.41) is 3.14. The summed E-state index contributed by atoms with van der Waals surface area (Å²) >= 11 is 0. The molecule has 72 valence electrons. The third kappa shape index (κ3) is 5.13. The van der Waals surface area contributed by atoms with Crippen molar-refractivity contribution in [2.75, 3.05) is 0 Å². The second-order valence-electron chi connectivity index (χ2n) is 3.82. The molecule has 0 aliphatic heterocycles. The van der Waals surface area contributed by atoms with Gasteiger partial charge in [0.15, 0.2) is 0 Å². The molecule has 0 bridgehead atoms. The number of hydrogen-bond acceptors (Lipinski definition) is 2. The average molecular weight is 172 g/mol. The van der Waals surface area contributed by atoms with Crippen LogP contribution in [0.1, 0.15) is 34.1 Å². The lowest BCUT2D eigenvalue weighted by atomic mass is 10.0. The smallest absolute Gasteiger partial charge is 0.234 e. The number of primary amides is 1. The predicted molar refractivity (Wildman–Crippen MR) is 50.7 cm³/mol. The molecule has 0 aromatic heterocycles. The van der Waals surface area contributed by atoms with E-state index in [1.807, 2.05) is 0 Å². The average Bonchev–Trinajstić information content (AvgIpc) is 1.84. The van der Waals surface area contributed by atoms with Crippen molar-refractivity contribution in [1.82, 2.24) is 5.32 Å². The zero-order chi connectivity index (χ0) is 9.72. The first-order chi connectivity index (χ1) is 5.43. The van der Waals surface area contributed by atoms with Crippen LogP contribution in [0.4, 0.5) is 0 Å². The minimum Gasteiger partial charge on any atom is -0.368 e. The van der Waals surface area contributed by atoms with Gasteiger partial charge in [0, 0.05) is 6.04 Å². The van der Waals surface area contributed by atoms with Crippen molar-refractivity contribution < 1.29 is 4.79 Å². The molecule has 0 aromatic carbocycles. The predicted octanol–water partition coefficient (Wildman–Crippen LogP) is 0.884. The van der Waals surface area contributed by atoms with Crippen LogP contribution < -0.4 is 11.1 Å². The highest BCUT2D eigenvalue weighted by molar-refractivity contribution is 5.79. The van der Waals surface area contributed by atoms with Crippen molar-refractivity contribution in [3.05, 3.63) is 0 Å². The molecule has 3 nitrogen and oxygen atoms in total. The topological polar surface area (TPSA) is 55.1 Å². The van der Waals surface area contributed by atoms with Gasteiger partial charge in [-0.2, -0.15) is 0 Å². The standard InChI is InChI=1S/C9H20N2O/c1-6(2)5-7(3)11-8(4)9(10)12/h6-8,11H,5H2,1-4H3,(H2,10,12)/t7?,8-/m0/s1. The van der Waals surface area contributed by atoms with Crippen LogP contribution in [-0.4, -0.2) is 18.0 Å². The zero-order valence-corrected chi connectivity index (χ0v) is 8.42. The van der Waals surface area contributed by atoms with Crippen molar-refractivity contribution in [2.45, 2.75) is 46.2 Å². The van der Waals surface area contributed by atoms with Crippen molar-refractivity contribution in [3.8, 4) is 0 Å². The quantitative estimate of drug-likeness (QED) is 0.647. The molecule has 0 saturated carbocycles. The number of amides is 1. The Morgan fingerprint density at radius 1 is 1.33 bits per heavy atom. The Kier molecular flexibility index (Phi) is 4.90. The van der Waals surface area contributed by atoms with Gasteiger partial charge in [0.05, 0.1) is 6.04 Å². The first-order valence-electron chi connectivity index (χ1n) is 4.48. The lowest BCUT2D eigenvalue weighted by molar-refractivity contribution is -0.119. The van der Waals surface area contributed by atoms with E-state index >= 15 is 0 Å².